The van der Waals surface area contributed by atoms with E-state index in [2.05, 4.69) is 5.32 Å². The molecule has 0 saturated carbocycles. The average molecular weight is 251 g/mol. The van der Waals surface area contributed by atoms with Crippen molar-refractivity contribution in [3.63, 3.8) is 0 Å². The van der Waals surface area contributed by atoms with Crippen LogP contribution >= 0.6 is 0 Å². The van der Waals surface area contributed by atoms with Crippen molar-refractivity contribution in [2.75, 3.05) is 20.3 Å². The molecule has 18 heavy (non-hydrogen) atoms. The molecule has 100 valence electrons. The van der Waals surface area contributed by atoms with E-state index >= 15 is 0 Å². The molecule has 1 atom stereocenters. The minimum Gasteiger partial charge on any atom is -0.491 e. The standard InChI is InChI=1S/C14H21NO3/c1-4-9-15-12(14(16)17-3)10-18-13-8-6-5-7-11(13)2/h5-8,12,15H,4,9-10H2,1-3H3. The minimum atomic E-state index is -0.422. The van der Waals surface area contributed by atoms with Gasteiger partial charge in [-0.1, -0.05) is 25.1 Å². The van der Waals surface area contributed by atoms with Crippen LogP contribution in [0.4, 0.5) is 0 Å². The second kappa shape index (κ2) is 7.71. The van der Waals surface area contributed by atoms with E-state index in [0.717, 1.165) is 24.3 Å². The van der Waals surface area contributed by atoms with E-state index < -0.39 is 6.04 Å². The third-order valence-corrected chi connectivity index (χ3v) is 2.63. The summed E-state index contributed by atoms with van der Waals surface area (Å²) in [6, 6.07) is 7.31. The Kier molecular flexibility index (Phi) is 6.22. The van der Waals surface area contributed by atoms with Crippen LogP contribution in [0.1, 0.15) is 18.9 Å². The maximum Gasteiger partial charge on any atom is 0.326 e. The Balaban J connectivity index is 2.56. The maximum atomic E-state index is 11.6. The molecule has 0 amide bonds. The fourth-order valence-electron chi connectivity index (χ4n) is 1.56. The van der Waals surface area contributed by atoms with Gasteiger partial charge in [0, 0.05) is 0 Å². The van der Waals surface area contributed by atoms with E-state index in [1.807, 2.05) is 38.1 Å². The van der Waals surface area contributed by atoms with Crippen LogP contribution in [0, 0.1) is 6.92 Å². The smallest absolute Gasteiger partial charge is 0.326 e. The van der Waals surface area contributed by atoms with Crippen molar-refractivity contribution >= 4 is 5.97 Å². The van der Waals surface area contributed by atoms with Crippen molar-refractivity contribution in [2.24, 2.45) is 0 Å². The fourth-order valence-corrected chi connectivity index (χ4v) is 1.56. The summed E-state index contributed by atoms with van der Waals surface area (Å²) in [6.07, 6.45) is 0.956. The summed E-state index contributed by atoms with van der Waals surface area (Å²) in [6.45, 7) is 5.06. The molecular weight excluding hydrogens is 230 g/mol. The number of methoxy groups -OCH3 is 1. The average Bonchev–Trinajstić information content (AvgIpc) is 2.40. The molecule has 0 spiro atoms. The van der Waals surface area contributed by atoms with Gasteiger partial charge in [0.15, 0.2) is 0 Å². The van der Waals surface area contributed by atoms with Gasteiger partial charge in [0.25, 0.3) is 0 Å². The first-order chi connectivity index (χ1) is 8.69. The number of hydrogen-bond donors (Lipinski definition) is 1. The van der Waals surface area contributed by atoms with Gasteiger partial charge >= 0.3 is 5.97 Å². The third-order valence-electron chi connectivity index (χ3n) is 2.63. The van der Waals surface area contributed by atoms with Crippen LogP contribution in [0.15, 0.2) is 24.3 Å². The summed E-state index contributed by atoms with van der Waals surface area (Å²) < 4.78 is 10.4. The van der Waals surface area contributed by atoms with E-state index in [-0.39, 0.29) is 12.6 Å². The number of aryl methyl sites for hydroxylation is 1. The van der Waals surface area contributed by atoms with E-state index in [1.165, 1.54) is 7.11 Å². The fraction of sp³-hybridized carbons (Fsp3) is 0.500. The summed E-state index contributed by atoms with van der Waals surface area (Å²) in [5.74, 6) is 0.502. The molecule has 0 aliphatic heterocycles. The first kappa shape index (κ1) is 14.5. The molecule has 0 aliphatic rings. The highest BCUT2D eigenvalue weighted by atomic mass is 16.5. The topological polar surface area (TPSA) is 47.6 Å². The molecule has 0 fully saturated rings. The predicted octanol–water partition coefficient (Wildman–Crippen LogP) is 1.92. The second-order valence-corrected chi connectivity index (χ2v) is 4.11. The number of esters is 1. The summed E-state index contributed by atoms with van der Waals surface area (Å²) >= 11 is 0. The summed E-state index contributed by atoms with van der Waals surface area (Å²) in [5, 5.41) is 3.11. The Labute approximate surface area is 108 Å². The molecule has 1 unspecified atom stereocenters. The van der Waals surface area contributed by atoms with Crippen molar-refractivity contribution in [1.82, 2.24) is 5.32 Å². The summed E-state index contributed by atoms with van der Waals surface area (Å²) in [7, 11) is 1.39. The van der Waals surface area contributed by atoms with Crippen LogP contribution in [0.25, 0.3) is 0 Å². The van der Waals surface area contributed by atoms with Crippen LogP contribution in [0.2, 0.25) is 0 Å². The maximum absolute atomic E-state index is 11.6. The summed E-state index contributed by atoms with van der Waals surface area (Å²) in [4.78, 5) is 11.6. The molecule has 0 aliphatic carbocycles. The summed E-state index contributed by atoms with van der Waals surface area (Å²) in [5.41, 5.74) is 1.05. The molecule has 0 bridgehead atoms. The highest BCUT2D eigenvalue weighted by Crippen LogP contribution is 2.16. The normalized spacial score (nSPS) is 11.9. The lowest BCUT2D eigenvalue weighted by Crippen LogP contribution is -2.42. The predicted molar refractivity (Wildman–Crippen MR) is 70.8 cm³/mol. The highest BCUT2D eigenvalue weighted by Gasteiger charge is 2.19. The van der Waals surface area contributed by atoms with Crippen molar-refractivity contribution in [2.45, 2.75) is 26.3 Å². The van der Waals surface area contributed by atoms with Crippen LogP contribution in [0.3, 0.4) is 0 Å². The van der Waals surface area contributed by atoms with Crippen molar-refractivity contribution < 1.29 is 14.3 Å². The SMILES string of the molecule is CCCNC(COc1ccccc1C)C(=O)OC. The zero-order chi connectivity index (χ0) is 13.4. The lowest BCUT2D eigenvalue weighted by molar-refractivity contribution is -0.143. The molecule has 0 radical (unpaired) electrons. The Bertz CT molecular complexity index is 379. The van der Waals surface area contributed by atoms with Crippen molar-refractivity contribution in [3.05, 3.63) is 29.8 Å². The first-order valence-electron chi connectivity index (χ1n) is 6.18. The molecule has 0 heterocycles. The second-order valence-electron chi connectivity index (χ2n) is 4.11. The Hall–Kier alpha value is -1.55. The zero-order valence-electron chi connectivity index (χ0n) is 11.2. The number of hydrogen-bond acceptors (Lipinski definition) is 4. The molecule has 4 heteroatoms. The third kappa shape index (κ3) is 4.37. The highest BCUT2D eigenvalue weighted by molar-refractivity contribution is 5.75. The lowest BCUT2D eigenvalue weighted by Gasteiger charge is -2.17. The first-order valence-corrected chi connectivity index (χ1v) is 6.18. The van der Waals surface area contributed by atoms with Crippen LogP contribution < -0.4 is 10.1 Å². The molecule has 1 aromatic carbocycles. The van der Waals surface area contributed by atoms with Gasteiger partial charge in [-0.25, -0.2) is 0 Å². The van der Waals surface area contributed by atoms with Crippen molar-refractivity contribution in [3.8, 4) is 5.75 Å². The van der Waals surface area contributed by atoms with Gasteiger partial charge < -0.3 is 14.8 Å². The van der Waals surface area contributed by atoms with Gasteiger partial charge in [0.2, 0.25) is 0 Å². The van der Waals surface area contributed by atoms with Gasteiger partial charge in [-0.2, -0.15) is 0 Å². The van der Waals surface area contributed by atoms with Crippen LogP contribution in [-0.4, -0.2) is 32.3 Å². The number of carbonyl (C=O) groups excluding carboxylic acids is 1. The molecule has 1 aromatic rings. The van der Waals surface area contributed by atoms with Crippen molar-refractivity contribution in [1.29, 1.82) is 0 Å². The largest absolute Gasteiger partial charge is 0.491 e. The number of benzene rings is 1. The Morgan fingerprint density at radius 1 is 1.39 bits per heavy atom. The van der Waals surface area contributed by atoms with Gasteiger partial charge in [-0.15, -0.1) is 0 Å². The van der Waals surface area contributed by atoms with E-state index in [1.54, 1.807) is 0 Å². The molecule has 4 nitrogen and oxygen atoms in total. The molecule has 1 N–H and O–H groups in total. The van der Waals surface area contributed by atoms with E-state index in [0.29, 0.717) is 0 Å². The molecule has 1 rings (SSSR count). The number of nitrogens with one attached hydrogen (secondary N) is 1. The monoisotopic (exact) mass is 251 g/mol. The molecular formula is C14H21NO3. The van der Waals surface area contributed by atoms with Gasteiger partial charge in [0.05, 0.1) is 7.11 Å². The van der Waals surface area contributed by atoms with Gasteiger partial charge in [-0.05, 0) is 31.5 Å². The lowest BCUT2D eigenvalue weighted by atomic mass is 10.2. The number of carbonyl (C=O) groups is 1. The number of ether oxygens (including phenoxy) is 2. The van der Waals surface area contributed by atoms with Crippen LogP contribution in [-0.2, 0) is 9.53 Å². The molecule has 0 saturated heterocycles. The molecule has 0 aromatic heterocycles. The number of para-hydroxylation sites is 1. The van der Waals surface area contributed by atoms with Gasteiger partial charge in [-0.3, -0.25) is 4.79 Å². The Morgan fingerprint density at radius 2 is 2.11 bits per heavy atom. The number of rotatable bonds is 7. The van der Waals surface area contributed by atoms with E-state index in [4.69, 9.17) is 9.47 Å². The van der Waals surface area contributed by atoms with E-state index in [9.17, 15) is 4.79 Å². The quantitative estimate of drug-likeness (QED) is 0.752. The zero-order valence-corrected chi connectivity index (χ0v) is 11.2. The minimum absolute atomic E-state index is 0.275. The Morgan fingerprint density at radius 3 is 2.72 bits per heavy atom. The van der Waals surface area contributed by atoms with Crippen LogP contribution in [0.5, 0.6) is 5.75 Å². The van der Waals surface area contributed by atoms with Gasteiger partial charge in [0.1, 0.15) is 18.4 Å².